The fraction of sp³-hybridized carbons (Fsp3) is 0.667. The highest BCUT2D eigenvalue weighted by molar-refractivity contribution is 7.89. The molecule has 0 radical (unpaired) electrons. The minimum atomic E-state index is -3.55. The molecule has 28 heavy (non-hydrogen) atoms. The Morgan fingerprint density at radius 1 is 1.00 bits per heavy atom. The summed E-state index contributed by atoms with van der Waals surface area (Å²) in [6, 6.07) is 5.11. The maximum absolute atomic E-state index is 13.1. The van der Waals surface area contributed by atoms with Crippen molar-refractivity contribution in [1.82, 2.24) is 14.1 Å². The van der Waals surface area contributed by atoms with Crippen molar-refractivity contribution >= 4 is 15.9 Å². The number of piperidine rings is 1. The molecule has 0 spiro atoms. The first-order chi connectivity index (χ1) is 13.3. The van der Waals surface area contributed by atoms with Crippen LogP contribution in [0.3, 0.4) is 0 Å². The van der Waals surface area contributed by atoms with E-state index in [-0.39, 0.29) is 10.8 Å². The minimum absolute atomic E-state index is 0.0701. The third kappa shape index (κ3) is 4.75. The number of carbonyl (C=O) groups is 1. The van der Waals surface area contributed by atoms with Gasteiger partial charge in [-0.05, 0) is 43.4 Å². The van der Waals surface area contributed by atoms with Crippen molar-refractivity contribution in [3.05, 3.63) is 29.3 Å². The molecule has 2 saturated heterocycles. The second-order valence-corrected chi connectivity index (χ2v) is 10.3. The number of benzene rings is 1. The highest BCUT2D eigenvalue weighted by Crippen LogP contribution is 2.25. The van der Waals surface area contributed by atoms with Crippen molar-refractivity contribution in [2.45, 2.75) is 44.9 Å². The highest BCUT2D eigenvalue weighted by Gasteiger charge is 2.29. The van der Waals surface area contributed by atoms with Crippen LogP contribution in [-0.4, -0.2) is 74.2 Å². The number of aryl methyl sites for hydroxylation is 1. The van der Waals surface area contributed by atoms with Crippen molar-refractivity contribution in [2.24, 2.45) is 5.92 Å². The van der Waals surface area contributed by atoms with Crippen molar-refractivity contribution < 1.29 is 13.2 Å². The molecule has 1 aromatic rings. The number of hydrogen-bond acceptors (Lipinski definition) is 4. The molecular weight excluding hydrogens is 374 g/mol. The molecule has 0 bridgehead atoms. The molecule has 2 heterocycles. The SMILES string of the molecule is Cc1ccc(C(=O)N2CCN(CC(C)C)CC2)cc1S(=O)(=O)N1CCCCC1. The monoisotopic (exact) mass is 407 g/mol. The van der Waals surface area contributed by atoms with Crippen molar-refractivity contribution in [3.8, 4) is 0 Å². The summed E-state index contributed by atoms with van der Waals surface area (Å²) in [5, 5.41) is 0. The number of amides is 1. The van der Waals surface area contributed by atoms with Crippen LogP contribution in [0.2, 0.25) is 0 Å². The standard InChI is InChI=1S/C21H33N3O3S/c1-17(2)16-22-11-13-23(14-12-22)21(25)19-8-7-18(3)20(15-19)28(26,27)24-9-5-4-6-10-24/h7-8,15,17H,4-6,9-14,16H2,1-3H3. The summed E-state index contributed by atoms with van der Waals surface area (Å²) in [7, 11) is -3.55. The topological polar surface area (TPSA) is 60.9 Å². The first kappa shape index (κ1) is 21.3. The number of hydrogen-bond donors (Lipinski definition) is 0. The number of rotatable bonds is 5. The van der Waals surface area contributed by atoms with Crippen LogP contribution in [0.1, 0.15) is 49.0 Å². The fourth-order valence-electron chi connectivity index (χ4n) is 4.09. The molecule has 2 aliphatic rings. The molecule has 0 N–H and O–H groups in total. The molecule has 0 unspecified atom stereocenters. The predicted octanol–water partition coefficient (Wildman–Crippen LogP) is 2.58. The van der Waals surface area contributed by atoms with Crippen LogP contribution < -0.4 is 0 Å². The van der Waals surface area contributed by atoms with E-state index in [1.165, 1.54) is 0 Å². The van der Waals surface area contributed by atoms with Crippen LogP contribution in [-0.2, 0) is 10.0 Å². The van der Waals surface area contributed by atoms with Gasteiger partial charge in [0.1, 0.15) is 0 Å². The Labute approximate surface area is 169 Å². The summed E-state index contributed by atoms with van der Waals surface area (Å²) >= 11 is 0. The number of piperazine rings is 1. The Balaban J connectivity index is 1.75. The minimum Gasteiger partial charge on any atom is -0.336 e. The van der Waals surface area contributed by atoms with E-state index >= 15 is 0 Å². The highest BCUT2D eigenvalue weighted by atomic mass is 32.2. The van der Waals surface area contributed by atoms with Gasteiger partial charge in [-0.2, -0.15) is 4.31 Å². The lowest BCUT2D eigenvalue weighted by atomic mass is 10.1. The van der Waals surface area contributed by atoms with Gasteiger partial charge in [0.25, 0.3) is 5.91 Å². The quantitative estimate of drug-likeness (QED) is 0.753. The van der Waals surface area contributed by atoms with Crippen LogP contribution in [0, 0.1) is 12.8 Å². The zero-order valence-electron chi connectivity index (χ0n) is 17.4. The predicted molar refractivity (Wildman–Crippen MR) is 111 cm³/mol. The Hall–Kier alpha value is -1.44. The van der Waals surface area contributed by atoms with Crippen LogP contribution in [0.25, 0.3) is 0 Å². The lowest BCUT2D eigenvalue weighted by Gasteiger charge is -2.35. The van der Waals surface area contributed by atoms with E-state index in [1.807, 2.05) is 4.90 Å². The average Bonchev–Trinajstić information content (AvgIpc) is 2.68. The van der Waals surface area contributed by atoms with Gasteiger partial charge in [-0.3, -0.25) is 9.69 Å². The van der Waals surface area contributed by atoms with E-state index in [0.29, 0.717) is 43.2 Å². The summed E-state index contributed by atoms with van der Waals surface area (Å²) in [5.74, 6) is 0.543. The molecule has 3 rings (SSSR count). The van der Waals surface area contributed by atoms with Gasteiger partial charge in [0.15, 0.2) is 0 Å². The van der Waals surface area contributed by atoms with Gasteiger partial charge in [-0.15, -0.1) is 0 Å². The second kappa shape index (κ2) is 8.93. The summed E-state index contributed by atoms with van der Waals surface area (Å²) in [6.07, 6.45) is 2.88. The molecule has 0 atom stereocenters. The van der Waals surface area contributed by atoms with Gasteiger partial charge in [-0.25, -0.2) is 8.42 Å². The zero-order chi connectivity index (χ0) is 20.3. The molecule has 0 aromatic heterocycles. The molecule has 156 valence electrons. The summed E-state index contributed by atoms with van der Waals surface area (Å²) in [4.78, 5) is 17.5. The molecule has 0 aliphatic carbocycles. The van der Waals surface area contributed by atoms with Crippen molar-refractivity contribution in [3.63, 3.8) is 0 Å². The molecule has 6 nitrogen and oxygen atoms in total. The molecule has 2 fully saturated rings. The summed E-state index contributed by atoms with van der Waals surface area (Å²) in [6.45, 7) is 11.5. The number of sulfonamides is 1. The lowest BCUT2D eigenvalue weighted by Crippen LogP contribution is -2.49. The molecule has 7 heteroatoms. The fourth-order valence-corrected chi connectivity index (χ4v) is 5.86. The normalized spacial score (nSPS) is 19.9. The summed E-state index contributed by atoms with van der Waals surface area (Å²) in [5.41, 5.74) is 1.17. The van der Waals surface area contributed by atoms with Gasteiger partial charge in [-0.1, -0.05) is 26.3 Å². The Morgan fingerprint density at radius 3 is 2.25 bits per heavy atom. The van der Waals surface area contributed by atoms with Gasteiger partial charge < -0.3 is 4.90 Å². The van der Waals surface area contributed by atoms with Crippen LogP contribution in [0.4, 0.5) is 0 Å². The lowest BCUT2D eigenvalue weighted by molar-refractivity contribution is 0.0623. The van der Waals surface area contributed by atoms with E-state index < -0.39 is 10.0 Å². The van der Waals surface area contributed by atoms with Crippen molar-refractivity contribution in [1.29, 1.82) is 0 Å². The Kier molecular flexibility index (Phi) is 6.78. The van der Waals surface area contributed by atoms with Gasteiger partial charge in [0.05, 0.1) is 4.90 Å². The van der Waals surface area contributed by atoms with Crippen molar-refractivity contribution in [2.75, 3.05) is 45.8 Å². The molecule has 2 aliphatic heterocycles. The van der Waals surface area contributed by atoms with Crippen LogP contribution >= 0.6 is 0 Å². The van der Waals surface area contributed by atoms with Gasteiger partial charge >= 0.3 is 0 Å². The van der Waals surface area contributed by atoms with E-state index in [0.717, 1.165) is 38.9 Å². The van der Waals surface area contributed by atoms with Gasteiger partial charge in [0.2, 0.25) is 10.0 Å². The average molecular weight is 408 g/mol. The first-order valence-corrected chi connectivity index (χ1v) is 11.9. The zero-order valence-corrected chi connectivity index (χ0v) is 18.2. The van der Waals surface area contributed by atoms with E-state index in [4.69, 9.17) is 0 Å². The van der Waals surface area contributed by atoms with E-state index in [2.05, 4.69) is 18.7 Å². The molecular formula is C21H33N3O3S. The van der Waals surface area contributed by atoms with Crippen LogP contribution in [0.5, 0.6) is 0 Å². The maximum Gasteiger partial charge on any atom is 0.253 e. The molecule has 1 amide bonds. The third-order valence-corrected chi connectivity index (χ3v) is 7.69. The van der Waals surface area contributed by atoms with E-state index in [9.17, 15) is 13.2 Å². The molecule has 0 saturated carbocycles. The van der Waals surface area contributed by atoms with E-state index in [1.54, 1.807) is 29.4 Å². The second-order valence-electron chi connectivity index (χ2n) is 8.43. The van der Waals surface area contributed by atoms with Gasteiger partial charge in [0, 0.05) is 51.4 Å². The Bertz CT molecular complexity index is 793. The summed E-state index contributed by atoms with van der Waals surface area (Å²) < 4.78 is 27.8. The molecule has 1 aromatic carbocycles. The maximum atomic E-state index is 13.1. The number of carbonyl (C=O) groups excluding carboxylic acids is 1. The Morgan fingerprint density at radius 2 is 1.64 bits per heavy atom. The number of nitrogens with zero attached hydrogens (tertiary/aromatic N) is 3. The van der Waals surface area contributed by atoms with Crippen LogP contribution in [0.15, 0.2) is 23.1 Å². The largest absolute Gasteiger partial charge is 0.336 e. The third-order valence-electron chi connectivity index (χ3n) is 5.65. The smallest absolute Gasteiger partial charge is 0.253 e. The first-order valence-electron chi connectivity index (χ1n) is 10.4.